The van der Waals surface area contributed by atoms with Crippen molar-refractivity contribution in [1.82, 2.24) is 4.98 Å². The summed E-state index contributed by atoms with van der Waals surface area (Å²) < 4.78 is 6.00. The predicted molar refractivity (Wildman–Crippen MR) is 62.8 cm³/mol. The van der Waals surface area contributed by atoms with Crippen LogP contribution in [0.2, 0.25) is 0 Å². The lowest BCUT2D eigenvalue weighted by molar-refractivity contribution is 0.563. The topological polar surface area (TPSA) is 29.3 Å². The Bertz CT molecular complexity index is 411. The number of furan rings is 1. The van der Waals surface area contributed by atoms with Crippen LogP contribution in [0.5, 0.6) is 0 Å². The van der Waals surface area contributed by atoms with Crippen LogP contribution in [-0.2, 0) is 6.54 Å². The third kappa shape index (κ3) is 2.59. The van der Waals surface area contributed by atoms with Gasteiger partial charge in [0.05, 0.1) is 12.5 Å². The van der Waals surface area contributed by atoms with Gasteiger partial charge in [0.25, 0.3) is 0 Å². The molecule has 0 saturated carbocycles. The minimum Gasteiger partial charge on any atom is -0.472 e. The van der Waals surface area contributed by atoms with Gasteiger partial charge in [0.2, 0.25) is 0 Å². The molecule has 2 rings (SSSR count). The number of nitrogens with zero attached hydrogens (tertiary/aromatic N) is 2. The fraction of sp³-hybridized carbons (Fsp3) is 0.182. The summed E-state index contributed by atoms with van der Waals surface area (Å²) in [5.41, 5.74) is 1.14. The van der Waals surface area contributed by atoms with E-state index in [9.17, 15) is 0 Å². The van der Waals surface area contributed by atoms with Gasteiger partial charge in [-0.1, -0.05) is 0 Å². The second kappa shape index (κ2) is 4.49. The largest absolute Gasteiger partial charge is 0.472 e. The molecule has 0 N–H and O–H groups in total. The lowest BCUT2D eigenvalue weighted by atomic mass is 10.3. The first kappa shape index (κ1) is 10.2. The molecule has 0 radical (unpaired) electrons. The Morgan fingerprint density at radius 3 is 2.87 bits per heavy atom. The lowest BCUT2D eigenvalue weighted by Gasteiger charge is -2.16. The Balaban J connectivity index is 2.08. The molecule has 0 aliphatic heterocycles. The summed E-state index contributed by atoms with van der Waals surface area (Å²) in [6.07, 6.45) is 5.22. The summed E-state index contributed by atoms with van der Waals surface area (Å²) in [7, 11) is 2.00. The minimum atomic E-state index is 0.797. The van der Waals surface area contributed by atoms with Gasteiger partial charge in [0.1, 0.15) is 5.82 Å². The van der Waals surface area contributed by atoms with Gasteiger partial charge in [-0.25, -0.2) is 4.98 Å². The van der Waals surface area contributed by atoms with E-state index in [1.54, 1.807) is 18.7 Å². The standard InChI is InChI=1S/C11H11BrN2O/c1-14(7-9-4-5-15-8-9)11-3-2-10(12)6-13-11/h2-6,8H,7H2,1H3. The van der Waals surface area contributed by atoms with Gasteiger partial charge >= 0.3 is 0 Å². The molecule has 15 heavy (non-hydrogen) atoms. The summed E-state index contributed by atoms with van der Waals surface area (Å²) in [6, 6.07) is 5.91. The Hall–Kier alpha value is -1.29. The SMILES string of the molecule is CN(Cc1ccoc1)c1ccc(Br)cn1. The Kier molecular flexibility index (Phi) is 3.06. The maximum atomic E-state index is 5.02. The number of pyridine rings is 1. The van der Waals surface area contributed by atoms with Crippen LogP contribution in [-0.4, -0.2) is 12.0 Å². The Morgan fingerprint density at radius 1 is 1.40 bits per heavy atom. The zero-order chi connectivity index (χ0) is 10.7. The van der Waals surface area contributed by atoms with Gasteiger partial charge in [-0.05, 0) is 34.1 Å². The maximum absolute atomic E-state index is 5.02. The molecule has 0 aliphatic carbocycles. The number of hydrogen-bond donors (Lipinski definition) is 0. The fourth-order valence-corrected chi connectivity index (χ4v) is 1.57. The van der Waals surface area contributed by atoms with E-state index in [1.807, 2.05) is 25.2 Å². The van der Waals surface area contributed by atoms with E-state index in [1.165, 1.54) is 0 Å². The molecule has 2 aromatic heterocycles. The maximum Gasteiger partial charge on any atom is 0.128 e. The summed E-state index contributed by atoms with van der Waals surface area (Å²) in [6.45, 7) is 0.797. The molecule has 3 nitrogen and oxygen atoms in total. The van der Waals surface area contributed by atoms with E-state index in [4.69, 9.17) is 4.42 Å². The third-order valence-corrected chi connectivity index (χ3v) is 2.57. The minimum absolute atomic E-state index is 0.797. The van der Waals surface area contributed by atoms with Crippen molar-refractivity contribution in [3.05, 3.63) is 47.0 Å². The highest BCUT2D eigenvalue weighted by atomic mass is 79.9. The molecular weight excluding hydrogens is 256 g/mol. The fourth-order valence-electron chi connectivity index (χ4n) is 1.33. The van der Waals surface area contributed by atoms with Crippen molar-refractivity contribution in [3.8, 4) is 0 Å². The van der Waals surface area contributed by atoms with Crippen LogP contribution in [0.15, 0.2) is 45.8 Å². The van der Waals surface area contributed by atoms with Crippen LogP contribution in [0.3, 0.4) is 0 Å². The Labute approximate surface area is 96.9 Å². The number of halogens is 1. The molecule has 0 amide bonds. The van der Waals surface area contributed by atoms with Crippen molar-refractivity contribution in [2.24, 2.45) is 0 Å². The second-order valence-electron chi connectivity index (χ2n) is 3.32. The number of anilines is 1. The number of aromatic nitrogens is 1. The van der Waals surface area contributed by atoms with E-state index in [0.29, 0.717) is 0 Å². The van der Waals surface area contributed by atoms with Crippen molar-refractivity contribution in [3.63, 3.8) is 0 Å². The molecule has 2 heterocycles. The molecule has 78 valence electrons. The highest BCUT2D eigenvalue weighted by Gasteiger charge is 2.03. The third-order valence-electron chi connectivity index (χ3n) is 2.10. The first-order chi connectivity index (χ1) is 7.25. The molecule has 4 heteroatoms. The van der Waals surface area contributed by atoms with Gasteiger partial charge in [0.15, 0.2) is 0 Å². The molecule has 0 bridgehead atoms. The molecule has 0 saturated heterocycles. The van der Waals surface area contributed by atoms with Crippen molar-refractivity contribution < 1.29 is 4.42 Å². The second-order valence-corrected chi connectivity index (χ2v) is 4.24. The molecule has 0 spiro atoms. The Morgan fingerprint density at radius 2 is 2.27 bits per heavy atom. The molecule has 0 aliphatic rings. The van der Waals surface area contributed by atoms with Crippen LogP contribution < -0.4 is 4.90 Å². The summed E-state index contributed by atoms with van der Waals surface area (Å²) in [5, 5.41) is 0. The van der Waals surface area contributed by atoms with E-state index < -0.39 is 0 Å². The highest BCUT2D eigenvalue weighted by molar-refractivity contribution is 9.10. The smallest absolute Gasteiger partial charge is 0.128 e. The van der Waals surface area contributed by atoms with Gasteiger partial charge in [-0.15, -0.1) is 0 Å². The van der Waals surface area contributed by atoms with E-state index in [2.05, 4.69) is 25.8 Å². The van der Waals surface area contributed by atoms with Gasteiger partial charge in [-0.3, -0.25) is 0 Å². The van der Waals surface area contributed by atoms with Crippen LogP contribution >= 0.6 is 15.9 Å². The zero-order valence-electron chi connectivity index (χ0n) is 8.35. The van der Waals surface area contributed by atoms with Crippen molar-refractivity contribution in [1.29, 1.82) is 0 Å². The lowest BCUT2D eigenvalue weighted by Crippen LogP contribution is -2.16. The summed E-state index contributed by atoms with van der Waals surface area (Å²) >= 11 is 3.36. The average molecular weight is 267 g/mol. The van der Waals surface area contributed by atoms with Crippen molar-refractivity contribution in [2.45, 2.75) is 6.54 Å². The van der Waals surface area contributed by atoms with E-state index in [-0.39, 0.29) is 0 Å². The first-order valence-electron chi connectivity index (χ1n) is 4.59. The zero-order valence-corrected chi connectivity index (χ0v) is 9.94. The summed E-state index contributed by atoms with van der Waals surface area (Å²) in [4.78, 5) is 6.37. The predicted octanol–water partition coefficient (Wildman–Crippen LogP) is 3.07. The van der Waals surface area contributed by atoms with Crippen LogP contribution in [0.25, 0.3) is 0 Å². The van der Waals surface area contributed by atoms with Gasteiger partial charge < -0.3 is 9.32 Å². The van der Waals surface area contributed by atoms with Crippen LogP contribution in [0.1, 0.15) is 5.56 Å². The van der Waals surface area contributed by atoms with Gasteiger partial charge in [-0.2, -0.15) is 0 Å². The highest BCUT2D eigenvalue weighted by Crippen LogP contribution is 2.15. The average Bonchev–Trinajstić information content (AvgIpc) is 2.71. The van der Waals surface area contributed by atoms with Crippen LogP contribution in [0, 0.1) is 0 Å². The normalized spacial score (nSPS) is 10.3. The monoisotopic (exact) mass is 266 g/mol. The molecule has 0 unspecified atom stereocenters. The number of rotatable bonds is 3. The number of hydrogen-bond acceptors (Lipinski definition) is 3. The van der Waals surface area contributed by atoms with E-state index in [0.717, 1.165) is 22.4 Å². The summed E-state index contributed by atoms with van der Waals surface area (Å²) in [5.74, 6) is 0.944. The first-order valence-corrected chi connectivity index (χ1v) is 5.39. The molecular formula is C11H11BrN2O. The van der Waals surface area contributed by atoms with Crippen LogP contribution in [0.4, 0.5) is 5.82 Å². The molecule has 0 fully saturated rings. The van der Waals surface area contributed by atoms with Gasteiger partial charge in [0, 0.05) is 29.8 Å². The molecule has 0 aromatic carbocycles. The van der Waals surface area contributed by atoms with E-state index >= 15 is 0 Å². The van der Waals surface area contributed by atoms with Crippen molar-refractivity contribution >= 4 is 21.7 Å². The molecule has 0 atom stereocenters. The van der Waals surface area contributed by atoms with Crippen molar-refractivity contribution in [2.75, 3.05) is 11.9 Å². The molecule has 2 aromatic rings. The quantitative estimate of drug-likeness (QED) is 0.855.